The van der Waals surface area contributed by atoms with Crippen LogP contribution in [-0.4, -0.2) is 36.0 Å². The third kappa shape index (κ3) is 6.09. The van der Waals surface area contributed by atoms with Gasteiger partial charge in [-0.25, -0.2) is 4.79 Å². The Balaban J connectivity index is 2.28. The summed E-state index contributed by atoms with van der Waals surface area (Å²) in [6.45, 7) is -1.37. The zero-order chi connectivity index (χ0) is 13.6. The molecule has 0 aromatic rings. The topological polar surface area (TPSA) is 61.4 Å². The molecule has 0 aromatic heterocycles. The first-order valence-electron chi connectivity index (χ1n) is 6.12. The molecule has 2 amide bonds. The van der Waals surface area contributed by atoms with Crippen molar-refractivity contribution in [3.63, 3.8) is 0 Å². The summed E-state index contributed by atoms with van der Waals surface area (Å²) in [5, 5.41) is 14.2. The molecule has 1 rings (SSSR count). The van der Waals surface area contributed by atoms with Gasteiger partial charge in [0.15, 0.2) is 0 Å². The second-order valence-corrected chi connectivity index (χ2v) is 4.79. The molecule has 0 radical (unpaired) electrons. The Bertz CT molecular complexity index is 274. The van der Waals surface area contributed by atoms with Crippen molar-refractivity contribution >= 4 is 6.03 Å². The number of rotatable bonds is 3. The number of nitrogens with one attached hydrogen (secondary N) is 2. The lowest BCUT2D eigenvalue weighted by Crippen LogP contribution is -2.47. The maximum Gasteiger partial charge on any atom is 0.405 e. The van der Waals surface area contributed by atoms with Crippen LogP contribution in [0.2, 0.25) is 0 Å². The van der Waals surface area contributed by atoms with E-state index in [-0.39, 0.29) is 6.54 Å². The first-order valence-corrected chi connectivity index (χ1v) is 6.12. The molecule has 3 N–H and O–H groups in total. The second kappa shape index (κ2) is 6.26. The van der Waals surface area contributed by atoms with Gasteiger partial charge in [0.1, 0.15) is 6.54 Å². The third-order valence-corrected chi connectivity index (χ3v) is 3.06. The monoisotopic (exact) mass is 268 g/mol. The highest BCUT2D eigenvalue weighted by molar-refractivity contribution is 5.73. The predicted molar refractivity (Wildman–Crippen MR) is 60.1 cm³/mol. The number of hydrogen-bond donors (Lipinski definition) is 3. The number of alkyl halides is 3. The molecule has 1 aliphatic carbocycles. The summed E-state index contributed by atoms with van der Waals surface area (Å²) >= 11 is 0. The number of urea groups is 1. The van der Waals surface area contributed by atoms with Gasteiger partial charge >= 0.3 is 12.2 Å². The molecule has 106 valence electrons. The van der Waals surface area contributed by atoms with Crippen LogP contribution in [0.5, 0.6) is 0 Å². The smallest absolute Gasteiger partial charge is 0.388 e. The van der Waals surface area contributed by atoms with Crippen LogP contribution in [0.25, 0.3) is 0 Å². The predicted octanol–water partition coefficient (Wildman–Crippen LogP) is 1.93. The van der Waals surface area contributed by atoms with E-state index in [1.54, 1.807) is 5.32 Å². The molecule has 7 heteroatoms. The number of carbonyl (C=O) groups excluding carboxylic acids is 1. The molecule has 0 spiro atoms. The zero-order valence-electron chi connectivity index (χ0n) is 10.1. The second-order valence-electron chi connectivity index (χ2n) is 4.79. The molecule has 4 nitrogen and oxygen atoms in total. The van der Waals surface area contributed by atoms with Gasteiger partial charge in [0.2, 0.25) is 0 Å². The minimum atomic E-state index is -4.42. The lowest BCUT2D eigenvalue weighted by Gasteiger charge is -2.26. The van der Waals surface area contributed by atoms with E-state index in [4.69, 9.17) is 0 Å². The lowest BCUT2D eigenvalue weighted by atomic mass is 9.95. The average molecular weight is 268 g/mol. The maximum atomic E-state index is 11.8. The van der Waals surface area contributed by atoms with Crippen molar-refractivity contribution in [3.05, 3.63) is 0 Å². The van der Waals surface area contributed by atoms with Gasteiger partial charge in [-0.2, -0.15) is 13.2 Å². The molecule has 1 saturated carbocycles. The number of amides is 2. The van der Waals surface area contributed by atoms with Crippen molar-refractivity contribution in [3.8, 4) is 0 Å². The Morgan fingerprint density at radius 2 is 1.67 bits per heavy atom. The quantitative estimate of drug-likeness (QED) is 0.685. The van der Waals surface area contributed by atoms with Crippen molar-refractivity contribution in [2.45, 2.75) is 50.3 Å². The fourth-order valence-corrected chi connectivity index (χ4v) is 2.05. The molecule has 0 atom stereocenters. The van der Waals surface area contributed by atoms with Crippen molar-refractivity contribution in [1.29, 1.82) is 0 Å². The minimum absolute atomic E-state index is 0.00328. The molecular weight excluding hydrogens is 249 g/mol. The Kier molecular flexibility index (Phi) is 5.25. The van der Waals surface area contributed by atoms with E-state index in [2.05, 4.69) is 5.32 Å². The summed E-state index contributed by atoms with van der Waals surface area (Å²) in [6.07, 6.45) is 0.575. The third-order valence-electron chi connectivity index (χ3n) is 3.06. The van der Waals surface area contributed by atoms with E-state index >= 15 is 0 Å². The molecule has 0 unspecified atom stereocenters. The van der Waals surface area contributed by atoms with Crippen LogP contribution >= 0.6 is 0 Å². The molecule has 1 fully saturated rings. The number of carbonyl (C=O) groups is 1. The largest absolute Gasteiger partial charge is 0.405 e. The van der Waals surface area contributed by atoms with Crippen molar-refractivity contribution in [2.24, 2.45) is 0 Å². The van der Waals surface area contributed by atoms with Gasteiger partial charge in [0.05, 0.1) is 5.60 Å². The number of halogens is 3. The highest BCUT2D eigenvalue weighted by Crippen LogP contribution is 2.26. The van der Waals surface area contributed by atoms with Crippen LogP contribution in [-0.2, 0) is 0 Å². The normalized spacial score (nSPS) is 20.0. The summed E-state index contributed by atoms with van der Waals surface area (Å²) in [5.41, 5.74) is -0.980. The van der Waals surface area contributed by atoms with Crippen LogP contribution < -0.4 is 10.6 Å². The molecule has 0 bridgehead atoms. The Labute approximate surface area is 104 Å². The summed E-state index contributed by atoms with van der Waals surface area (Å²) in [5.74, 6) is 0. The summed E-state index contributed by atoms with van der Waals surface area (Å²) < 4.78 is 35.5. The highest BCUT2D eigenvalue weighted by atomic mass is 19.4. The molecular formula is C11H19F3N2O2. The van der Waals surface area contributed by atoms with E-state index in [1.807, 2.05) is 0 Å². The van der Waals surface area contributed by atoms with Gasteiger partial charge in [0.25, 0.3) is 0 Å². The molecule has 0 aliphatic heterocycles. The molecule has 1 aliphatic rings. The first-order chi connectivity index (χ1) is 8.31. The van der Waals surface area contributed by atoms with Crippen LogP contribution in [0.3, 0.4) is 0 Å². The van der Waals surface area contributed by atoms with Crippen LogP contribution in [0.4, 0.5) is 18.0 Å². The fraction of sp³-hybridized carbons (Fsp3) is 0.909. The Morgan fingerprint density at radius 3 is 2.17 bits per heavy atom. The first kappa shape index (κ1) is 15.1. The fourth-order valence-electron chi connectivity index (χ4n) is 2.05. The average Bonchev–Trinajstić information content (AvgIpc) is 2.48. The summed E-state index contributed by atoms with van der Waals surface area (Å²) in [4.78, 5) is 11.1. The van der Waals surface area contributed by atoms with Crippen LogP contribution in [0, 0.1) is 0 Å². The number of hydrogen-bond acceptors (Lipinski definition) is 2. The zero-order valence-corrected chi connectivity index (χ0v) is 10.1. The molecule has 18 heavy (non-hydrogen) atoms. The Morgan fingerprint density at radius 1 is 1.11 bits per heavy atom. The maximum absolute atomic E-state index is 11.8. The standard InChI is InChI=1S/C11H19F3N2O2/c12-11(13,14)8-16-9(17)15-7-10(18)5-3-1-2-4-6-10/h18H,1-8H2,(H2,15,16,17). The van der Waals surface area contributed by atoms with E-state index in [1.165, 1.54) is 0 Å². The van der Waals surface area contributed by atoms with Crippen LogP contribution in [0.15, 0.2) is 0 Å². The highest BCUT2D eigenvalue weighted by Gasteiger charge is 2.30. The van der Waals surface area contributed by atoms with Crippen LogP contribution in [0.1, 0.15) is 38.5 Å². The number of aliphatic hydroxyl groups is 1. The van der Waals surface area contributed by atoms with Gasteiger partial charge in [-0.15, -0.1) is 0 Å². The van der Waals surface area contributed by atoms with Crippen molar-refractivity contribution < 1.29 is 23.1 Å². The molecule has 0 aromatic carbocycles. The van der Waals surface area contributed by atoms with Gasteiger partial charge in [-0.1, -0.05) is 25.7 Å². The molecule has 0 saturated heterocycles. The van der Waals surface area contributed by atoms with Gasteiger partial charge < -0.3 is 15.7 Å². The van der Waals surface area contributed by atoms with E-state index in [0.29, 0.717) is 12.8 Å². The minimum Gasteiger partial charge on any atom is -0.388 e. The SMILES string of the molecule is O=C(NCC(F)(F)F)NCC1(O)CCCCCC1. The Hall–Kier alpha value is -0.980. The summed E-state index contributed by atoms with van der Waals surface area (Å²) in [6, 6.07) is -0.898. The van der Waals surface area contributed by atoms with Crippen molar-refractivity contribution in [2.75, 3.05) is 13.1 Å². The van der Waals surface area contributed by atoms with E-state index in [0.717, 1.165) is 25.7 Å². The van der Waals surface area contributed by atoms with Gasteiger partial charge in [-0.3, -0.25) is 0 Å². The van der Waals surface area contributed by atoms with Gasteiger partial charge in [-0.05, 0) is 12.8 Å². The van der Waals surface area contributed by atoms with Gasteiger partial charge in [0, 0.05) is 6.54 Å². The van der Waals surface area contributed by atoms with Crippen molar-refractivity contribution in [1.82, 2.24) is 10.6 Å². The van der Waals surface area contributed by atoms with E-state index < -0.39 is 24.4 Å². The van der Waals surface area contributed by atoms with E-state index in [9.17, 15) is 23.1 Å². The molecule has 0 heterocycles. The summed E-state index contributed by atoms with van der Waals surface area (Å²) in [7, 11) is 0. The lowest BCUT2D eigenvalue weighted by molar-refractivity contribution is -0.122.